The number of amides is 1. The molecular weight excluding hydrogens is 333 g/mol. The highest BCUT2D eigenvalue weighted by Crippen LogP contribution is 2.30. The summed E-state index contributed by atoms with van der Waals surface area (Å²) < 4.78 is 67.0. The van der Waals surface area contributed by atoms with E-state index < -0.39 is 33.6 Å². The minimum atomic E-state index is -4.20. The average molecular weight is 344 g/mol. The van der Waals surface area contributed by atoms with Crippen LogP contribution in [-0.4, -0.2) is 14.3 Å². The number of rotatable bonds is 4. The third-order valence-electron chi connectivity index (χ3n) is 2.74. The van der Waals surface area contributed by atoms with Crippen molar-refractivity contribution in [1.29, 1.82) is 0 Å². The predicted molar refractivity (Wildman–Crippen MR) is 78.1 cm³/mol. The van der Waals surface area contributed by atoms with Gasteiger partial charge in [-0.2, -0.15) is 8.42 Å². The third kappa shape index (κ3) is 4.01. The van der Waals surface area contributed by atoms with Gasteiger partial charge in [-0.25, -0.2) is 17.9 Å². The summed E-state index contributed by atoms with van der Waals surface area (Å²) in [6.07, 6.45) is 0. The maximum atomic E-state index is 13.4. The van der Waals surface area contributed by atoms with Crippen molar-refractivity contribution < 1.29 is 26.4 Å². The van der Waals surface area contributed by atoms with Crippen LogP contribution in [0.15, 0.2) is 36.4 Å². The summed E-state index contributed by atoms with van der Waals surface area (Å²) in [5.41, 5.74) is 0.00779. The number of anilines is 1. The molecule has 2 aromatic rings. The van der Waals surface area contributed by atoms with Crippen LogP contribution < -0.4 is 9.44 Å². The normalized spacial score (nSPS) is 11.1. The molecule has 0 bridgehead atoms. The van der Waals surface area contributed by atoms with Crippen molar-refractivity contribution in [1.82, 2.24) is 4.72 Å². The molecule has 2 N–H and O–H groups in total. The lowest BCUT2D eigenvalue weighted by Gasteiger charge is -2.13. The van der Waals surface area contributed by atoms with Crippen LogP contribution in [0.4, 0.5) is 18.9 Å². The SMILES string of the molecule is CC(=O)NS(=O)(=O)Nc1ccccc1-c1cc(F)c(F)c(F)c1. The van der Waals surface area contributed by atoms with Gasteiger partial charge in [-0.15, -0.1) is 0 Å². The first-order valence-electron chi connectivity index (χ1n) is 6.24. The molecule has 0 aromatic heterocycles. The van der Waals surface area contributed by atoms with Gasteiger partial charge in [0.05, 0.1) is 5.69 Å². The Kier molecular flexibility index (Phi) is 4.60. The predicted octanol–water partition coefficient (Wildman–Crippen LogP) is 2.56. The summed E-state index contributed by atoms with van der Waals surface area (Å²) in [6.45, 7) is 1.01. The fourth-order valence-corrected chi connectivity index (χ4v) is 2.79. The molecule has 0 aliphatic heterocycles. The highest BCUT2D eigenvalue weighted by atomic mass is 32.2. The molecule has 23 heavy (non-hydrogen) atoms. The molecule has 0 aliphatic rings. The quantitative estimate of drug-likeness (QED) is 0.837. The first-order chi connectivity index (χ1) is 10.7. The van der Waals surface area contributed by atoms with Crippen molar-refractivity contribution in [2.75, 3.05) is 4.72 Å². The van der Waals surface area contributed by atoms with Crippen molar-refractivity contribution in [2.45, 2.75) is 6.92 Å². The molecule has 0 heterocycles. The van der Waals surface area contributed by atoms with E-state index in [1.54, 1.807) is 4.72 Å². The van der Waals surface area contributed by atoms with Crippen LogP contribution in [0.25, 0.3) is 11.1 Å². The van der Waals surface area contributed by atoms with Crippen molar-refractivity contribution >= 4 is 21.8 Å². The van der Waals surface area contributed by atoms with Crippen LogP contribution in [-0.2, 0) is 15.0 Å². The number of nitrogens with one attached hydrogen (secondary N) is 2. The average Bonchev–Trinajstić information content (AvgIpc) is 2.43. The number of hydrogen-bond donors (Lipinski definition) is 2. The molecule has 0 spiro atoms. The van der Waals surface area contributed by atoms with Gasteiger partial charge in [0.25, 0.3) is 0 Å². The molecule has 0 radical (unpaired) electrons. The van der Waals surface area contributed by atoms with Crippen molar-refractivity contribution in [3.05, 3.63) is 53.8 Å². The molecule has 0 atom stereocenters. The Morgan fingerprint density at radius 3 is 2.17 bits per heavy atom. The fraction of sp³-hybridized carbons (Fsp3) is 0.0714. The fourth-order valence-electron chi connectivity index (χ4n) is 1.89. The first-order valence-corrected chi connectivity index (χ1v) is 7.73. The maximum absolute atomic E-state index is 13.4. The zero-order chi connectivity index (χ0) is 17.2. The second kappa shape index (κ2) is 6.29. The van der Waals surface area contributed by atoms with E-state index in [2.05, 4.69) is 4.72 Å². The van der Waals surface area contributed by atoms with E-state index in [1.165, 1.54) is 24.3 Å². The van der Waals surface area contributed by atoms with Gasteiger partial charge in [0.1, 0.15) is 0 Å². The molecule has 122 valence electrons. The van der Waals surface area contributed by atoms with Crippen molar-refractivity contribution in [3.63, 3.8) is 0 Å². The van der Waals surface area contributed by atoms with Crippen LogP contribution in [0, 0.1) is 17.5 Å². The standard InChI is InChI=1S/C14H11F3N2O3S/c1-8(20)18-23(21,22)19-13-5-3-2-4-10(13)9-6-11(15)14(17)12(16)7-9/h2-7,19H,1H3,(H,18,20). The van der Waals surface area contributed by atoms with Crippen LogP contribution in [0.5, 0.6) is 0 Å². The lowest BCUT2D eigenvalue weighted by molar-refractivity contribution is -0.117. The van der Waals surface area contributed by atoms with Crippen LogP contribution >= 0.6 is 0 Å². The monoisotopic (exact) mass is 344 g/mol. The molecule has 5 nitrogen and oxygen atoms in total. The van der Waals surface area contributed by atoms with Crippen molar-refractivity contribution in [3.8, 4) is 11.1 Å². The van der Waals surface area contributed by atoms with Gasteiger partial charge in [0.15, 0.2) is 17.5 Å². The van der Waals surface area contributed by atoms with Gasteiger partial charge < -0.3 is 0 Å². The Bertz CT molecular complexity index is 846. The topological polar surface area (TPSA) is 75.3 Å². The summed E-state index contributed by atoms with van der Waals surface area (Å²) in [5, 5.41) is 0. The van der Waals surface area contributed by atoms with E-state index in [1.807, 2.05) is 0 Å². The summed E-state index contributed by atoms with van der Waals surface area (Å²) in [4.78, 5) is 10.9. The van der Waals surface area contributed by atoms with E-state index in [0.717, 1.165) is 19.1 Å². The van der Waals surface area contributed by atoms with E-state index >= 15 is 0 Å². The van der Waals surface area contributed by atoms with Gasteiger partial charge in [0, 0.05) is 12.5 Å². The largest absolute Gasteiger partial charge is 0.323 e. The van der Waals surface area contributed by atoms with Gasteiger partial charge in [-0.3, -0.25) is 9.52 Å². The highest BCUT2D eigenvalue weighted by molar-refractivity contribution is 7.91. The first kappa shape index (κ1) is 16.8. The molecule has 0 fully saturated rings. The van der Waals surface area contributed by atoms with Crippen molar-refractivity contribution in [2.24, 2.45) is 0 Å². The Morgan fingerprint density at radius 1 is 1.04 bits per heavy atom. The zero-order valence-electron chi connectivity index (χ0n) is 11.7. The number of para-hydroxylation sites is 1. The molecule has 1 amide bonds. The summed E-state index contributed by atoms with van der Waals surface area (Å²) in [5.74, 6) is -5.24. The van der Waals surface area contributed by atoms with Gasteiger partial charge in [0.2, 0.25) is 5.91 Å². The number of carbonyl (C=O) groups is 1. The highest BCUT2D eigenvalue weighted by Gasteiger charge is 2.17. The molecule has 0 saturated carbocycles. The third-order valence-corrected chi connectivity index (χ3v) is 3.79. The Hall–Kier alpha value is -2.55. The van der Waals surface area contributed by atoms with Gasteiger partial charge >= 0.3 is 10.2 Å². The van der Waals surface area contributed by atoms with Gasteiger partial charge in [-0.05, 0) is 23.8 Å². The van der Waals surface area contributed by atoms with Crippen LogP contribution in [0.3, 0.4) is 0 Å². The lowest BCUT2D eigenvalue weighted by Crippen LogP contribution is -2.33. The number of benzene rings is 2. The minimum absolute atomic E-state index is 0.0355. The number of halogens is 3. The summed E-state index contributed by atoms with van der Waals surface area (Å²) in [7, 11) is -4.20. The van der Waals surface area contributed by atoms with E-state index in [-0.39, 0.29) is 16.8 Å². The molecule has 0 saturated heterocycles. The molecule has 0 aliphatic carbocycles. The molecular formula is C14H11F3N2O3S. The zero-order valence-corrected chi connectivity index (χ0v) is 12.5. The molecule has 2 aromatic carbocycles. The maximum Gasteiger partial charge on any atom is 0.323 e. The molecule has 0 unspecified atom stereocenters. The molecule has 2 rings (SSSR count). The number of carbonyl (C=O) groups excluding carboxylic acids is 1. The minimum Gasteiger partial charge on any atom is -0.274 e. The smallest absolute Gasteiger partial charge is 0.274 e. The number of hydrogen-bond acceptors (Lipinski definition) is 3. The van der Waals surface area contributed by atoms with E-state index in [9.17, 15) is 26.4 Å². The Balaban J connectivity index is 2.48. The van der Waals surface area contributed by atoms with Gasteiger partial charge in [-0.1, -0.05) is 18.2 Å². The van der Waals surface area contributed by atoms with E-state index in [0.29, 0.717) is 0 Å². The second-order valence-electron chi connectivity index (χ2n) is 4.56. The Morgan fingerprint density at radius 2 is 1.61 bits per heavy atom. The van der Waals surface area contributed by atoms with Crippen LogP contribution in [0.1, 0.15) is 6.92 Å². The Labute approximate surface area is 130 Å². The lowest BCUT2D eigenvalue weighted by atomic mass is 10.0. The van der Waals surface area contributed by atoms with E-state index in [4.69, 9.17) is 0 Å². The second-order valence-corrected chi connectivity index (χ2v) is 5.98. The van der Waals surface area contributed by atoms with Crippen LogP contribution in [0.2, 0.25) is 0 Å². The summed E-state index contributed by atoms with van der Waals surface area (Å²) in [6, 6.07) is 7.18. The molecule has 9 heteroatoms. The summed E-state index contributed by atoms with van der Waals surface area (Å²) >= 11 is 0.